The van der Waals surface area contributed by atoms with E-state index in [2.05, 4.69) is 0 Å². The number of hydrogen-bond donors (Lipinski definition) is 1. The summed E-state index contributed by atoms with van der Waals surface area (Å²) in [6.45, 7) is 1.59. The zero-order chi connectivity index (χ0) is 15.3. The Morgan fingerprint density at radius 1 is 1.50 bits per heavy atom. The van der Waals surface area contributed by atoms with Crippen molar-refractivity contribution in [2.75, 3.05) is 25.6 Å². The molecule has 110 valence electrons. The molecular weight excluding hydrogens is 270 g/mol. The van der Waals surface area contributed by atoms with Crippen LogP contribution in [-0.4, -0.2) is 33.0 Å². The Morgan fingerprint density at radius 2 is 2.15 bits per heavy atom. The number of anilines is 1. The van der Waals surface area contributed by atoms with Crippen molar-refractivity contribution in [1.82, 2.24) is 5.32 Å². The molecule has 0 aliphatic carbocycles. The summed E-state index contributed by atoms with van der Waals surface area (Å²) >= 11 is 0. The van der Waals surface area contributed by atoms with Crippen LogP contribution in [-0.2, 0) is 9.59 Å². The molecule has 0 aliphatic rings. The number of carbonyl (C=O) groups excluding carboxylic acids is 2. The topological polar surface area (TPSA) is 58.6 Å². The molecule has 1 rings (SSSR count). The molecule has 1 aromatic rings. The third kappa shape index (κ3) is 3.43. The van der Waals surface area contributed by atoms with Gasteiger partial charge in [-0.05, 0) is 18.6 Å². The number of nitrogens with one attached hydrogen (secondary N) is 1. The zero-order valence-corrected chi connectivity index (χ0v) is 11.5. The molecule has 0 heterocycles. The van der Waals surface area contributed by atoms with E-state index in [1.54, 1.807) is 0 Å². The fraction of sp³-hybridized carbons (Fsp3) is 0.385. The lowest BCUT2D eigenvalue weighted by molar-refractivity contribution is -0.125. The summed E-state index contributed by atoms with van der Waals surface area (Å²) in [5, 5.41) is 1.95. The number of carbonyl (C=O) groups is 2. The number of imide groups is 1. The van der Waals surface area contributed by atoms with Crippen LogP contribution in [0.15, 0.2) is 6.07 Å². The first-order valence-corrected chi connectivity index (χ1v) is 5.89. The van der Waals surface area contributed by atoms with Crippen LogP contribution in [0.3, 0.4) is 0 Å². The fourth-order valence-electron chi connectivity index (χ4n) is 1.83. The van der Waals surface area contributed by atoms with E-state index in [1.165, 1.54) is 32.0 Å². The van der Waals surface area contributed by atoms with Crippen molar-refractivity contribution < 1.29 is 23.1 Å². The molecule has 2 amide bonds. The number of ether oxygens (including phenoxy) is 1. The SMILES string of the molecule is COc1c(C)cc(F)c(N(C)CCC(=O)NC=O)c1F. The number of benzene rings is 1. The van der Waals surface area contributed by atoms with Gasteiger partial charge in [0.25, 0.3) is 0 Å². The van der Waals surface area contributed by atoms with Gasteiger partial charge in [0.05, 0.1) is 7.11 Å². The van der Waals surface area contributed by atoms with Gasteiger partial charge in [-0.2, -0.15) is 0 Å². The van der Waals surface area contributed by atoms with Crippen LogP contribution in [0.25, 0.3) is 0 Å². The average Bonchev–Trinajstić information content (AvgIpc) is 2.36. The largest absolute Gasteiger partial charge is 0.493 e. The number of aryl methyl sites for hydroxylation is 1. The van der Waals surface area contributed by atoms with Gasteiger partial charge in [0.1, 0.15) is 11.5 Å². The highest BCUT2D eigenvalue weighted by Gasteiger charge is 2.20. The monoisotopic (exact) mass is 286 g/mol. The number of hydrogen-bond acceptors (Lipinski definition) is 4. The smallest absolute Gasteiger partial charge is 0.228 e. The summed E-state index contributed by atoms with van der Waals surface area (Å²) in [7, 11) is 2.75. The quantitative estimate of drug-likeness (QED) is 0.803. The summed E-state index contributed by atoms with van der Waals surface area (Å²) in [5.74, 6) is -2.11. The number of halogens is 2. The van der Waals surface area contributed by atoms with Gasteiger partial charge in [0, 0.05) is 20.0 Å². The normalized spacial score (nSPS) is 10.1. The van der Waals surface area contributed by atoms with E-state index in [0.717, 1.165) is 0 Å². The summed E-state index contributed by atoms with van der Waals surface area (Å²) in [4.78, 5) is 22.5. The van der Waals surface area contributed by atoms with Gasteiger partial charge in [0.15, 0.2) is 11.6 Å². The first-order valence-electron chi connectivity index (χ1n) is 5.89. The molecule has 0 bridgehead atoms. The van der Waals surface area contributed by atoms with Gasteiger partial charge in [-0.1, -0.05) is 0 Å². The second kappa shape index (κ2) is 6.83. The van der Waals surface area contributed by atoms with Crippen LogP contribution in [0.2, 0.25) is 0 Å². The average molecular weight is 286 g/mol. The first-order chi connectivity index (χ1) is 9.42. The highest BCUT2D eigenvalue weighted by molar-refractivity contribution is 5.86. The lowest BCUT2D eigenvalue weighted by atomic mass is 10.1. The van der Waals surface area contributed by atoms with Crippen molar-refractivity contribution in [2.24, 2.45) is 0 Å². The predicted octanol–water partition coefficient (Wildman–Crippen LogP) is 1.38. The van der Waals surface area contributed by atoms with Crippen molar-refractivity contribution in [3.8, 4) is 5.75 Å². The van der Waals surface area contributed by atoms with Crippen LogP contribution in [0.5, 0.6) is 5.75 Å². The van der Waals surface area contributed by atoms with Crippen LogP contribution >= 0.6 is 0 Å². The zero-order valence-electron chi connectivity index (χ0n) is 11.5. The van der Waals surface area contributed by atoms with Crippen LogP contribution in [0.4, 0.5) is 14.5 Å². The minimum absolute atomic E-state index is 0.0365. The van der Waals surface area contributed by atoms with Gasteiger partial charge in [0.2, 0.25) is 12.3 Å². The summed E-state index contributed by atoms with van der Waals surface area (Å²) in [6, 6.07) is 1.17. The van der Waals surface area contributed by atoms with Gasteiger partial charge < -0.3 is 9.64 Å². The van der Waals surface area contributed by atoms with E-state index >= 15 is 0 Å². The fourth-order valence-corrected chi connectivity index (χ4v) is 1.83. The van der Waals surface area contributed by atoms with Gasteiger partial charge >= 0.3 is 0 Å². The van der Waals surface area contributed by atoms with Crippen molar-refractivity contribution in [1.29, 1.82) is 0 Å². The van der Waals surface area contributed by atoms with Crippen LogP contribution < -0.4 is 15.0 Å². The minimum Gasteiger partial charge on any atom is -0.493 e. The Kier molecular flexibility index (Phi) is 5.42. The highest BCUT2D eigenvalue weighted by Crippen LogP contribution is 2.33. The van der Waals surface area contributed by atoms with E-state index < -0.39 is 17.5 Å². The Labute approximate surface area is 115 Å². The van der Waals surface area contributed by atoms with Gasteiger partial charge in [-0.15, -0.1) is 0 Å². The van der Waals surface area contributed by atoms with Gasteiger partial charge in [-0.25, -0.2) is 8.78 Å². The van der Waals surface area contributed by atoms with Gasteiger partial charge in [-0.3, -0.25) is 14.9 Å². The van der Waals surface area contributed by atoms with E-state index in [-0.39, 0.29) is 30.8 Å². The second-order valence-electron chi connectivity index (χ2n) is 4.23. The Balaban J connectivity index is 2.95. The lowest BCUT2D eigenvalue weighted by Gasteiger charge is -2.22. The molecule has 0 fully saturated rings. The molecule has 0 aliphatic heterocycles. The predicted molar refractivity (Wildman–Crippen MR) is 69.7 cm³/mol. The molecular formula is C13H16F2N2O3. The van der Waals surface area contributed by atoms with Crippen molar-refractivity contribution >= 4 is 18.0 Å². The highest BCUT2D eigenvalue weighted by atomic mass is 19.1. The van der Waals surface area contributed by atoms with E-state index in [4.69, 9.17) is 4.74 Å². The number of methoxy groups -OCH3 is 1. The molecule has 0 spiro atoms. The Bertz CT molecular complexity index is 521. The molecule has 5 nitrogen and oxygen atoms in total. The third-order valence-electron chi connectivity index (χ3n) is 2.81. The number of amides is 2. The van der Waals surface area contributed by atoms with Crippen molar-refractivity contribution in [3.05, 3.63) is 23.3 Å². The summed E-state index contributed by atoms with van der Waals surface area (Å²) in [5.41, 5.74) is 0.0738. The molecule has 0 radical (unpaired) electrons. The Morgan fingerprint density at radius 3 is 2.70 bits per heavy atom. The standard InChI is InChI=1S/C13H16F2N2O3/c1-8-6-9(14)12(11(15)13(8)20-3)17(2)5-4-10(19)16-7-18/h6-7H,4-5H2,1-3H3,(H,16,18,19). The third-order valence-corrected chi connectivity index (χ3v) is 2.81. The number of nitrogens with zero attached hydrogens (tertiary/aromatic N) is 1. The first kappa shape index (κ1) is 15.9. The molecule has 0 unspecified atom stereocenters. The minimum atomic E-state index is -0.816. The summed E-state index contributed by atoms with van der Waals surface area (Å²) < 4.78 is 32.9. The molecule has 7 heteroatoms. The molecule has 20 heavy (non-hydrogen) atoms. The maximum absolute atomic E-state index is 14.2. The van der Waals surface area contributed by atoms with E-state index in [1.807, 2.05) is 5.32 Å². The van der Waals surface area contributed by atoms with E-state index in [9.17, 15) is 18.4 Å². The second-order valence-corrected chi connectivity index (χ2v) is 4.23. The lowest BCUT2D eigenvalue weighted by Crippen LogP contribution is -2.28. The van der Waals surface area contributed by atoms with Crippen LogP contribution in [0, 0.1) is 18.6 Å². The molecule has 0 saturated carbocycles. The summed E-state index contributed by atoms with van der Waals surface area (Å²) in [6.07, 6.45) is 0.197. The molecule has 1 aromatic carbocycles. The van der Waals surface area contributed by atoms with Crippen LogP contribution in [0.1, 0.15) is 12.0 Å². The number of rotatable bonds is 6. The molecule has 0 atom stereocenters. The molecule has 1 N–H and O–H groups in total. The Hall–Kier alpha value is -2.18. The molecule has 0 aromatic heterocycles. The van der Waals surface area contributed by atoms with Crippen molar-refractivity contribution in [2.45, 2.75) is 13.3 Å². The van der Waals surface area contributed by atoms with E-state index in [0.29, 0.717) is 5.56 Å². The van der Waals surface area contributed by atoms with Crippen molar-refractivity contribution in [3.63, 3.8) is 0 Å². The maximum Gasteiger partial charge on any atom is 0.228 e. The molecule has 0 saturated heterocycles. The maximum atomic E-state index is 14.2.